The Morgan fingerprint density at radius 1 is 0.829 bits per heavy atom. The van der Waals surface area contributed by atoms with Crippen molar-refractivity contribution in [2.75, 3.05) is 18.1 Å². The van der Waals surface area contributed by atoms with Crippen molar-refractivity contribution in [1.29, 1.82) is 0 Å². The van der Waals surface area contributed by atoms with Gasteiger partial charge in [0.25, 0.3) is 0 Å². The molecule has 0 amide bonds. The standard InChI is InChI=1S/C30H30F7NO3/c31-27-14-22(29(32,33)34)13-12-21(27)17-38(18-28(39)30(35,36)37)23-8-4-10-25(15-23)41-26-11-5-9-24(16-26)40-19-20-6-2-1-3-7-20/h4-5,8-16,20,28,39H,1-3,6-7,17-19H2. The smallest absolute Gasteiger partial charge is 0.416 e. The van der Waals surface area contributed by atoms with Crippen molar-refractivity contribution in [3.05, 3.63) is 83.7 Å². The van der Waals surface area contributed by atoms with Gasteiger partial charge < -0.3 is 19.5 Å². The lowest BCUT2D eigenvalue weighted by Crippen LogP contribution is -2.41. The van der Waals surface area contributed by atoms with Gasteiger partial charge in [-0.25, -0.2) is 4.39 Å². The molecule has 3 aromatic rings. The fourth-order valence-corrected chi connectivity index (χ4v) is 4.71. The zero-order chi connectivity index (χ0) is 29.6. The number of rotatable bonds is 10. The molecule has 41 heavy (non-hydrogen) atoms. The second kappa shape index (κ2) is 13.0. The van der Waals surface area contributed by atoms with Crippen molar-refractivity contribution >= 4 is 5.69 Å². The van der Waals surface area contributed by atoms with Gasteiger partial charge in [-0.3, -0.25) is 0 Å². The highest BCUT2D eigenvalue weighted by Gasteiger charge is 2.39. The molecule has 11 heteroatoms. The number of hydrogen-bond acceptors (Lipinski definition) is 4. The first-order valence-electron chi connectivity index (χ1n) is 13.2. The zero-order valence-electron chi connectivity index (χ0n) is 22.0. The van der Waals surface area contributed by atoms with Gasteiger partial charge in [0.2, 0.25) is 0 Å². The molecule has 1 N–H and O–H groups in total. The lowest BCUT2D eigenvalue weighted by Gasteiger charge is -2.29. The van der Waals surface area contributed by atoms with E-state index in [9.17, 15) is 35.8 Å². The van der Waals surface area contributed by atoms with Crippen LogP contribution in [0.1, 0.15) is 43.2 Å². The average molecular weight is 586 g/mol. The molecule has 0 saturated heterocycles. The molecule has 0 aliphatic heterocycles. The van der Waals surface area contributed by atoms with E-state index in [1.807, 2.05) is 0 Å². The van der Waals surface area contributed by atoms with Crippen molar-refractivity contribution in [1.82, 2.24) is 0 Å². The summed E-state index contributed by atoms with van der Waals surface area (Å²) in [6, 6.07) is 14.6. The maximum absolute atomic E-state index is 14.6. The van der Waals surface area contributed by atoms with Gasteiger partial charge in [-0.2, -0.15) is 26.3 Å². The minimum Gasteiger partial charge on any atom is -0.493 e. The van der Waals surface area contributed by atoms with Gasteiger partial charge in [-0.1, -0.05) is 37.5 Å². The van der Waals surface area contributed by atoms with Crippen LogP contribution in [0.25, 0.3) is 0 Å². The van der Waals surface area contributed by atoms with Crippen LogP contribution in [0.3, 0.4) is 0 Å². The summed E-state index contributed by atoms with van der Waals surface area (Å²) >= 11 is 0. The number of aliphatic hydroxyl groups excluding tert-OH is 1. The minimum atomic E-state index is -4.97. The SMILES string of the molecule is OC(CN(Cc1ccc(C(F)(F)F)cc1F)c1cccc(Oc2cccc(OCC3CCCCC3)c2)c1)C(F)(F)F. The van der Waals surface area contributed by atoms with Gasteiger partial charge in [0.1, 0.15) is 23.1 Å². The fourth-order valence-electron chi connectivity index (χ4n) is 4.71. The number of alkyl halides is 6. The lowest BCUT2D eigenvalue weighted by atomic mass is 9.90. The molecule has 1 atom stereocenters. The number of ether oxygens (including phenoxy) is 2. The summed E-state index contributed by atoms with van der Waals surface area (Å²) in [5, 5.41) is 9.74. The summed E-state index contributed by atoms with van der Waals surface area (Å²) in [5.74, 6) is 0.531. The first kappa shape index (κ1) is 30.5. The van der Waals surface area contributed by atoms with E-state index in [-0.39, 0.29) is 23.1 Å². The van der Waals surface area contributed by atoms with Crippen molar-refractivity contribution in [3.8, 4) is 17.2 Å². The van der Waals surface area contributed by atoms with Gasteiger partial charge in [0, 0.05) is 29.9 Å². The first-order valence-corrected chi connectivity index (χ1v) is 13.2. The van der Waals surface area contributed by atoms with Crippen molar-refractivity contribution < 1.29 is 45.3 Å². The van der Waals surface area contributed by atoms with Crippen molar-refractivity contribution in [2.45, 2.75) is 57.1 Å². The summed E-state index contributed by atoms with van der Waals surface area (Å²) in [7, 11) is 0. The minimum absolute atomic E-state index is 0.134. The number of anilines is 1. The molecule has 4 nitrogen and oxygen atoms in total. The summed E-state index contributed by atoms with van der Waals surface area (Å²) in [5.41, 5.74) is -1.36. The van der Waals surface area contributed by atoms with Crippen LogP contribution in [0.15, 0.2) is 66.7 Å². The second-order valence-corrected chi connectivity index (χ2v) is 10.1. The molecule has 1 saturated carbocycles. The van der Waals surface area contributed by atoms with Gasteiger partial charge in [-0.15, -0.1) is 0 Å². The Bertz CT molecular complexity index is 1290. The van der Waals surface area contributed by atoms with Crippen LogP contribution in [0.2, 0.25) is 0 Å². The van der Waals surface area contributed by atoms with E-state index in [0.717, 1.165) is 23.8 Å². The Hall–Kier alpha value is -3.47. The van der Waals surface area contributed by atoms with Crippen LogP contribution in [0.5, 0.6) is 17.2 Å². The topological polar surface area (TPSA) is 41.9 Å². The number of hydrogen-bond donors (Lipinski definition) is 1. The molecule has 0 radical (unpaired) electrons. The predicted molar refractivity (Wildman–Crippen MR) is 140 cm³/mol. The fraction of sp³-hybridized carbons (Fsp3) is 0.400. The Morgan fingerprint density at radius 2 is 1.49 bits per heavy atom. The van der Waals surface area contributed by atoms with Crippen molar-refractivity contribution in [3.63, 3.8) is 0 Å². The monoisotopic (exact) mass is 585 g/mol. The summed E-state index contributed by atoms with van der Waals surface area (Å²) in [6.45, 7) is -0.932. The van der Waals surface area contributed by atoms with E-state index in [2.05, 4.69) is 0 Å². The molecular weight excluding hydrogens is 555 g/mol. The normalized spacial score (nSPS) is 15.4. The maximum Gasteiger partial charge on any atom is 0.416 e. The lowest BCUT2D eigenvalue weighted by molar-refractivity contribution is -0.200. The average Bonchev–Trinajstić information content (AvgIpc) is 2.92. The molecule has 222 valence electrons. The molecule has 1 fully saturated rings. The molecular formula is C30H30F7NO3. The Labute approximate surface area is 233 Å². The van der Waals surface area contributed by atoms with Crippen LogP contribution in [0, 0.1) is 11.7 Å². The van der Waals surface area contributed by atoms with Gasteiger partial charge in [-0.05, 0) is 55.2 Å². The number of benzene rings is 3. The van der Waals surface area contributed by atoms with Gasteiger partial charge >= 0.3 is 12.4 Å². The molecule has 1 aliphatic rings. The maximum atomic E-state index is 14.6. The Morgan fingerprint density at radius 3 is 2.15 bits per heavy atom. The molecule has 0 heterocycles. The molecule has 1 aliphatic carbocycles. The van der Waals surface area contributed by atoms with E-state index in [0.29, 0.717) is 30.1 Å². The highest BCUT2D eigenvalue weighted by molar-refractivity contribution is 5.52. The molecule has 4 rings (SSSR count). The van der Waals surface area contributed by atoms with Gasteiger partial charge in [0.05, 0.1) is 18.7 Å². The largest absolute Gasteiger partial charge is 0.493 e. The van der Waals surface area contributed by atoms with Gasteiger partial charge in [0.15, 0.2) is 6.10 Å². The highest BCUT2D eigenvalue weighted by atomic mass is 19.4. The van der Waals surface area contributed by atoms with Crippen LogP contribution in [0.4, 0.5) is 36.4 Å². The van der Waals surface area contributed by atoms with E-state index >= 15 is 0 Å². The van der Waals surface area contributed by atoms with E-state index in [1.165, 1.54) is 37.5 Å². The van der Waals surface area contributed by atoms with Crippen LogP contribution in [-0.2, 0) is 12.7 Å². The van der Waals surface area contributed by atoms with E-state index < -0.39 is 42.9 Å². The van der Waals surface area contributed by atoms with E-state index in [1.54, 1.807) is 30.3 Å². The Balaban J connectivity index is 1.52. The summed E-state index contributed by atoms with van der Waals surface area (Å²) in [4.78, 5) is 1.03. The van der Waals surface area contributed by atoms with Crippen LogP contribution in [-0.4, -0.2) is 30.5 Å². The molecule has 0 bridgehead atoms. The third-order valence-electron chi connectivity index (χ3n) is 6.95. The van der Waals surface area contributed by atoms with Crippen LogP contribution < -0.4 is 14.4 Å². The van der Waals surface area contributed by atoms with Crippen molar-refractivity contribution in [2.24, 2.45) is 5.92 Å². The highest BCUT2D eigenvalue weighted by Crippen LogP contribution is 2.33. The molecule has 3 aromatic carbocycles. The predicted octanol–water partition coefficient (Wildman–Crippen LogP) is 8.53. The summed E-state index contributed by atoms with van der Waals surface area (Å²) < 4.78 is 105. The Kier molecular flexibility index (Phi) is 9.68. The zero-order valence-corrected chi connectivity index (χ0v) is 22.0. The number of halogens is 7. The van der Waals surface area contributed by atoms with Crippen LogP contribution >= 0.6 is 0 Å². The second-order valence-electron chi connectivity index (χ2n) is 10.1. The molecule has 0 aromatic heterocycles. The molecule has 1 unspecified atom stereocenters. The first-order chi connectivity index (χ1) is 19.4. The quantitative estimate of drug-likeness (QED) is 0.242. The third-order valence-corrected chi connectivity index (χ3v) is 6.95. The number of nitrogens with zero attached hydrogens (tertiary/aromatic N) is 1. The molecule has 0 spiro atoms. The third kappa shape index (κ3) is 8.76. The van der Waals surface area contributed by atoms with E-state index in [4.69, 9.17) is 9.47 Å². The summed E-state index contributed by atoms with van der Waals surface area (Å²) in [6.07, 6.45) is -6.67. The number of aliphatic hydroxyl groups is 1.